The highest BCUT2D eigenvalue weighted by atomic mass is 16.1. The Morgan fingerprint density at radius 1 is 1.29 bits per heavy atom. The first-order valence-electron chi connectivity index (χ1n) is 7.27. The molecule has 1 aliphatic rings. The molecule has 1 amide bonds. The lowest BCUT2D eigenvalue weighted by Gasteiger charge is -2.21. The molecule has 6 heteroatoms. The zero-order valence-corrected chi connectivity index (χ0v) is 11.8. The number of nitrogens with one attached hydrogen (secondary N) is 2. The van der Waals surface area contributed by atoms with E-state index in [0.717, 1.165) is 37.3 Å². The molecular formula is C15H19N5O. The summed E-state index contributed by atoms with van der Waals surface area (Å²) in [5, 5.41) is 13.9. The van der Waals surface area contributed by atoms with Crippen LogP contribution in [-0.4, -0.2) is 33.8 Å². The molecule has 0 bridgehead atoms. The Kier molecular flexibility index (Phi) is 4.25. The molecule has 0 aliphatic carbocycles. The molecule has 0 unspecified atom stereocenters. The largest absolute Gasteiger partial charge is 0.326 e. The van der Waals surface area contributed by atoms with E-state index in [-0.39, 0.29) is 5.91 Å². The van der Waals surface area contributed by atoms with Crippen LogP contribution in [0, 0.1) is 5.92 Å². The monoisotopic (exact) mass is 285 g/mol. The van der Waals surface area contributed by atoms with Crippen LogP contribution >= 0.6 is 0 Å². The van der Waals surface area contributed by atoms with Gasteiger partial charge in [-0.25, -0.2) is 0 Å². The maximum absolute atomic E-state index is 12.1. The molecule has 110 valence electrons. The first-order chi connectivity index (χ1) is 10.3. The van der Waals surface area contributed by atoms with Crippen molar-refractivity contribution in [2.75, 3.05) is 18.4 Å². The normalized spacial score (nSPS) is 15.8. The average molecular weight is 285 g/mol. The van der Waals surface area contributed by atoms with Gasteiger partial charge in [-0.2, -0.15) is 0 Å². The van der Waals surface area contributed by atoms with E-state index >= 15 is 0 Å². The van der Waals surface area contributed by atoms with Gasteiger partial charge in [0.1, 0.15) is 12.7 Å². The van der Waals surface area contributed by atoms with Crippen molar-refractivity contribution in [2.24, 2.45) is 5.92 Å². The van der Waals surface area contributed by atoms with Gasteiger partial charge in [-0.1, -0.05) is 6.07 Å². The van der Waals surface area contributed by atoms with Gasteiger partial charge in [-0.3, -0.25) is 9.36 Å². The molecular weight excluding hydrogens is 266 g/mol. The second kappa shape index (κ2) is 6.49. The van der Waals surface area contributed by atoms with Crippen molar-refractivity contribution in [2.45, 2.75) is 19.3 Å². The number of carbonyl (C=O) groups excluding carboxylic acids is 1. The molecule has 1 saturated heterocycles. The average Bonchev–Trinajstić information content (AvgIpc) is 3.02. The molecule has 3 rings (SSSR count). The SMILES string of the molecule is O=C(CC1CCNCC1)Nc1cccc(-n2cnnc2)c1. The van der Waals surface area contributed by atoms with E-state index in [9.17, 15) is 4.79 Å². The first kappa shape index (κ1) is 13.8. The third kappa shape index (κ3) is 3.66. The summed E-state index contributed by atoms with van der Waals surface area (Å²) < 4.78 is 1.81. The van der Waals surface area contributed by atoms with E-state index in [2.05, 4.69) is 20.8 Å². The fourth-order valence-electron chi connectivity index (χ4n) is 2.64. The maximum Gasteiger partial charge on any atom is 0.224 e. The standard InChI is InChI=1S/C15H19N5O/c21-15(8-12-4-6-16-7-5-12)19-13-2-1-3-14(9-13)20-10-17-18-11-20/h1-3,9-12,16H,4-8H2,(H,19,21). The number of piperidine rings is 1. The van der Waals surface area contributed by atoms with Gasteiger partial charge in [0.25, 0.3) is 0 Å². The minimum Gasteiger partial charge on any atom is -0.326 e. The Balaban J connectivity index is 1.62. The van der Waals surface area contributed by atoms with Crippen LogP contribution in [0.15, 0.2) is 36.9 Å². The second-order valence-electron chi connectivity index (χ2n) is 5.37. The van der Waals surface area contributed by atoms with Crippen LogP contribution in [0.1, 0.15) is 19.3 Å². The summed E-state index contributed by atoms with van der Waals surface area (Å²) in [6, 6.07) is 7.68. The molecule has 1 aromatic heterocycles. The molecule has 1 aliphatic heterocycles. The molecule has 0 saturated carbocycles. The number of aromatic nitrogens is 3. The summed E-state index contributed by atoms with van der Waals surface area (Å²) >= 11 is 0. The minimum atomic E-state index is 0.0859. The van der Waals surface area contributed by atoms with Crippen LogP contribution in [0.25, 0.3) is 5.69 Å². The molecule has 0 spiro atoms. The van der Waals surface area contributed by atoms with Gasteiger partial charge < -0.3 is 10.6 Å². The highest BCUT2D eigenvalue weighted by molar-refractivity contribution is 5.91. The molecule has 2 N–H and O–H groups in total. The van der Waals surface area contributed by atoms with E-state index in [0.29, 0.717) is 12.3 Å². The Hall–Kier alpha value is -2.21. The summed E-state index contributed by atoms with van der Waals surface area (Å²) in [4.78, 5) is 12.1. The number of carbonyl (C=O) groups is 1. The predicted molar refractivity (Wildman–Crippen MR) is 80.2 cm³/mol. The number of anilines is 1. The topological polar surface area (TPSA) is 71.8 Å². The molecule has 21 heavy (non-hydrogen) atoms. The van der Waals surface area contributed by atoms with Crippen LogP contribution in [0.2, 0.25) is 0 Å². The third-order valence-electron chi connectivity index (χ3n) is 3.78. The highest BCUT2D eigenvalue weighted by Crippen LogP contribution is 2.18. The molecule has 2 aromatic rings. The van der Waals surface area contributed by atoms with Gasteiger partial charge >= 0.3 is 0 Å². The molecule has 6 nitrogen and oxygen atoms in total. The van der Waals surface area contributed by atoms with Gasteiger partial charge in [0.05, 0.1) is 5.69 Å². The molecule has 1 fully saturated rings. The van der Waals surface area contributed by atoms with Gasteiger partial charge in [0.15, 0.2) is 0 Å². The van der Waals surface area contributed by atoms with Gasteiger partial charge in [0.2, 0.25) is 5.91 Å². The van der Waals surface area contributed by atoms with E-state index < -0.39 is 0 Å². The molecule has 1 aromatic carbocycles. The minimum absolute atomic E-state index is 0.0859. The van der Waals surface area contributed by atoms with Gasteiger partial charge in [0, 0.05) is 12.1 Å². The Morgan fingerprint density at radius 3 is 2.81 bits per heavy atom. The number of benzene rings is 1. The quantitative estimate of drug-likeness (QED) is 0.895. The summed E-state index contributed by atoms with van der Waals surface area (Å²) in [5.74, 6) is 0.579. The van der Waals surface area contributed by atoms with Crippen molar-refractivity contribution in [3.8, 4) is 5.69 Å². The van der Waals surface area contributed by atoms with Crippen molar-refractivity contribution >= 4 is 11.6 Å². The lowest BCUT2D eigenvalue weighted by atomic mass is 9.94. The zero-order chi connectivity index (χ0) is 14.5. The second-order valence-corrected chi connectivity index (χ2v) is 5.37. The Labute approximate surface area is 123 Å². The number of rotatable bonds is 4. The van der Waals surface area contributed by atoms with E-state index in [1.54, 1.807) is 12.7 Å². The number of hydrogen-bond acceptors (Lipinski definition) is 4. The van der Waals surface area contributed by atoms with E-state index in [4.69, 9.17) is 0 Å². The van der Waals surface area contributed by atoms with E-state index in [1.165, 1.54) is 0 Å². The van der Waals surface area contributed by atoms with Gasteiger partial charge in [-0.15, -0.1) is 10.2 Å². The number of amides is 1. The lowest BCUT2D eigenvalue weighted by molar-refractivity contribution is -0.117. The number of nitrogens with zero attached hydrogens (tertiary/aromatic N) is 3. The fraction of sp³-hybridized carbons (Fsp3) is 0.400. The molecule has 0 radical (unpaired) electrons. The van der Waals surface area contributed by atoms with Crippen molar-refractivity contribution in [3.05, 3.63) is 36.9 Å². The molecule has 2 heterocycles. The van der Waals surface area contributed by atoms with Crippen LogP contribution in [-0.2, 0) is 4.79 Å². The van der Waals surface area contributed by atoms with Crippen LogP contribution in [0.3, 0.4) is 0 Å². The van der Waals surface area contributed by atoms with E-state index in [1.807, 2.05) is 28.8 Å². The Morgan fingerprint density at radius 2 is 2.05 bits per heavy atom. The van der Waals surface area contributed by atoms with Crippen molar-refractivity contribution in [1.82, 2.24) is 20.1 Å². The predicted octanol–water partition coefficient (Wildman–Crippen LogP) is 1.60. The highest BCUT2D eigenvalue weighted by Gasteiger charge is 2.16. The van der Waals surface area contributed by atoms with Crippen molar-refractivity contribution in [3.63, 3.8) is 0 Å². The lowest BCUT2D eigenvalue weighted by Crippen LogP contribution is -2.30. The summed E-state index contributed by atoms with van der Waals surface area (Å²) in [6.07, 6.45) is 6.02. The molecule has 0 atom stereocenters. The summed E-state index contributed by atoms with van der Waals surface area (Å²) in [7, 11) is 0. The van der Waals surface area contributed by atoms with Crippen molar-refractivity contribution in [1.29, 1.82) is 0 Å². The Bertz CT molecular complexity index is 590. The van der Waals surface area contributed by atoms with Crippen LogP contribution < -0.4 is 10.6 Å². The third-order valence-corrected chi connectivity index (χ3v) is 3.78. The fourth-order valence-corrected chi connectivity index (χ4v) is 2.64. The smallest absolute Gasteiger partial charge is 0.224 e. The zero-order valence-electron chi connectivity index (χ0n) is 11.8. The maximum atomic E-state index is 12.1. The van der Waals surface area contributed by atoms with Gasteiger partial charge in [-0.05, 0) is 50.0 Å². The summed E-state index contributed by atoms with van der Waals surface area (Å²) in [5.41, 5.74) is 1.74. The summed E-state index contributed by atoms with van der Waals surface area (Å²) in [6.45, 7) is 2.03. The first-order valence-corrected chi connectivity index (χ1v) is 7.27. The van der Waals surface area contributed by atoms with Crippen molar-refractivity contribution < 1.29 is 4.79 Å². The van der Waals surface area contributed by atoms with Crippen LogP contribution in [0.4, 0.5) is 5.69 Å². The number of hydrogen-bond donors (Lipinski definition) is 2. The van der Waals surface area contributed by atoms with Crippen LogP contribution in [0.5, 0.6) is 0 Å².